The number of anilines is 1. The number of carbonyl (C=O) groups excluding carboxylic acids is 1. The predicted molar refractivity (Wildman–Crippen MR) is 91.0 cm³/mol. The number of carbonyl (C=O) groups is 1. The zero-order chi connectivity index (χ0) is 18.7. The lowest BCUT2D eigenvalue weighted by Gasteiger charge is -2.26. The first kappa shape index (κ1) is 18.4. The molecular formula is C19H19F3N2O2. The molecule has 138 valence electrons. The third-order valence-electron chi connectivity index (χ3n) is 4.38. The first-order valence-electron chi connectivity index (χ1n) is 8.36. The van der Waals surface area contributed by atoms with Gasteiger partial charge in [0, 0.05) is 24.8 Å². The van der Waals surface area contributed by atoms with Crippen molar-refractivity contribution in [3.8, 4) is 0 Å². The van der Waals surface area contributed by atoms with E-state index in [1.807, 2.05) is 18.2 Å². The van der Waals surface area contributed by atoms with Crippen LogP contribution in [0.4, 0.5) is 18.9 Å². The minimum absolute atomic E-state index is 0.0634. The third-order valence-corrected chi connectivity index (χ3v) is 4.38. The van der Waals surface area contributed by atoms with Crippen LogP contribution in [-0.2, 0) is 10.9 Å². The lowest BCUT2D eigenvalue weighted by atomic mass is 10.1. The van der Waals surface area contributed by atoms with E-state index in [2.05, 4.69) is 4.98 Å². The van der Waals surface area contributed by atoms with Gasteiger partial charge in [-0.1, -0.05) is 18.2 Å². The van der Waals surface area contributed by atoms with E-state index in [4.69, 9.17) is 4.74 Å². The number of hydrogen-bond acceptors (Lipinski definition) is 3. The fraction of sp³-hybridized carbons (Fsp3) is 0.368. The molecule has 26 heavy (non-hydrogen) atoms. The Labute approximate surface area is 149 Å². The molecular weight excluding hydrogens is 345 g/mol. The first-order valence-corrected chi connectivity index (χ1v) is 8.36. The number of ether oxygens (including phenoxy) is 1. The Kier molecular flexibility index (Phi) is 5.27. The van der Waals surface area contributed by atoms with Gasteiger partial charge in [-0.05, 0) is 37.6 Å². The molecule has 1 aliphatic heterocycles. The smallest absolute Gasteiger partial charge is 0.381 e. The van der Waals surface area contributed by atoms with E-state index in [1.54, 1.807) is 17.0 Å². The van der Waals surface area contributed by atoms with E-state index in [0.29, 0.717) is 25.4 Å². The number of amides is 1. The Morgan fingerprint density at radius 1 is 1.23 bits per heavy atom. The van der Waals surface area contributed by atoms with Crippen LogP contribution in [-0.4, -0.2) is 30.6 Å². The number of alkyl halides is 3. The van der Waals surface area contributed by atoms with Crippen molar-refractivity contribution in [3.05, 3.63) is 59.4 Å². The summed E-state index contributed by atoms with van der Waals surface area (Å²) in [6, 6.07) is 11.1. The molecule has 1 atom stereocenters. The topological polar surface area (TPSA) is 42.4 Å². The van der Waals surface area contributed by atoms with Gasteiger partial charge in [-0.3, -0.25) is 4.79 Å². The van der Waals surface area contributed by atoms with Crippen molar-refractivity contribution in [2.24, 2.45) is 5.92 Å². The van der Waals surface area contributed by atoms with Crippen LogP contribution in [0.5, 0.6) is 0 Å². The van der Waals surface area contributed by atoms with E-state index >= 15 is 0 Å². The second-order valence-corrected chi connectivity index (χ2v) is 6.31. The summed E-state index contributed by atoms with van der Waals surface area (Å²) in [7, 11) is 0. The minimum atomic E-state index is -4.54. The molecule has 0 radical (unpaired) electrons. The maximum absolute atomic E-state index is 13.1. The predicted octanol–water partition coefficient (Wildman–Crippen LogP) is 4.09. The molecule has 1 saturated heterocycles. The molecule has 0 unspecified atom stereocenters. The van der Waals surface area contributed by atoms with Crippen LogP contribution in [0, 0.1) is 12.8 Å². The second kappa shape index (κ2) is 7.45. The molecule has 2 heterocycles. The van der Waals surface area contributed by atoms with Crippen LogP contribution < -0.4 is 4.90 Å². The molecule has 3 rings (SSSR count). The molecule has 0 spiro atoms. The summed E-state index contributed by atoms with van der Waals surface area (Å²) in [4.78, 5) is 18.2. The standard InChI is InChI=1S/C19H19F3N2O2/c1-13-16(7-8-17(23-13)19(20,21)22)18(25)24(11-14-9-10-26-12-14)15-5-3-2-4-6-15/h2-8,14H,9-12H2,1H3/t14-/m0/s1. The summed E-state index contributed by atoms with van der Waals surface area (Å²) >= 11 is 0. The maximum Gasteiger partial charge on any atom is 0.433 e. The molecule has 0 saturated carbocycles. The van der Waals surface area contributed by atoms with Gasteiger partial charge in [0.05, 0.1) is 17.9 Å². The van der Waals surface area contributed by atoms with Crippen molar-refractivity contribution in [2.45, 2.75) is 19.5 Å². The zero-order valence-electron chi connectivity index (χ0n) is 14.3. The van der Waals surface area contributed by atoms with Gasteiger partial charge in [0.25, 0.3) is 5.91 Å². The van der Waals surface area contributed by atoms with E-state index in [1.165, 1.54) is 13.0 Å². The Balaban J connectivity index is 1.92. The molecule has 1 amide bonds. The Hall–Kier alpha value is -2.41. The van der Waals surface area contributed by atoms with Crippen molar-refractivity contribution < 1.29 is 22.7 Å². The quantitative estimate of drug-likeness (QED) is 0.821. The van der Waals surface area contributed by atoms with Crippen LogP contribution >= 0.6 is 0 Å². The number of rotatable bonds is 4. The highest BCUT2D eigenvalue weighted by atomic mass is 19.4. The number of benzene rings is 1. The van der Waals surface area contributed by atoms with Crippen molar-refractivity contribution >= 4 is 11.6 Å². The molecule has 1 aliphatic rings. The van der Waals surface area contributed by atoms with Crippen LogP contribution in [0.3, 0.4) is 0 Å². The van der Waals surface area contributed by atoms with Crippen LogP contribution in [0.25, 0.3) is 0 Å². The lowest BCUT2D eigenvalue weighted by molar-refractivity contribution is -0.141. The number of pyridine rings is 1. The molecule has 1 aromatic heterocycles. The SMILES string of the molecule is Cc1nc(C(F)(F)F)ccc1C(=O)N(C[C@@H]1CCOC1)c1ccccc1. The van der Waals surface area contributed by atoms with Gasteiger partial charge in [0.2, 0.25) is 0 Å². The van der Waals surface area contributed by atoms with E-state index in [-0.39, 0.29) is 23.1 Å². The Bertz CT molecular complexity index is 772. The van der Waals surface area contributed by atoms with Gasteiger partial charge in [0.1, 0.15) is 5.69 Å². The summed E-state index contributed by atoms with van der Waals surface area (Å²) in [5, 5.41) is 0. The van der Waals surface area contributed by atoms with Gasteiger partial charge in [-0.2, -0.15) is 13.2 Å². The highest BCUT2D eigenvalue weighted by Crippen LogP contribution is 2.29. The molecule has 4 nitrogen and oxygen atoms in total. The maximum atomic E-state index is 13.1. The molecule has 1 aromatic carbocycles. The Morgan fingerprint density at radius 2 is 1.96 bits per heavy atom. The minimum Gasteiger partial charge on any atom is -0.381 e. The first-order chi connectivity index (χ1) is 12.4. The number of hydrogen-bond donors (Lipinski definition) is 0. The summed E-state index contributed by atoms with van der Waals surface area (Å²) in [6.45, 7) is 3.09. The number of aromatic nitrogens is 1. The van der Waals surface area contributed by atoms with E-state index < -0.39 is 11.9 Å². The molecule has 2 aromatic rings. The van der Waals surface area contributed by atoms with Gasteiger partial charge >= 0.3 is 6.18 Å². The third kappa shape index (κ3) is 4.04. The molecule has 7 heteroatoms. The summed E-state index contributed by atoms with van der Waals surface area (Å²) in [5.74, 6) is -0.163. The largest absolute Gasteiger partial charge is 0.433 e. The highest BCUT2D eigenvalue weighted by molar-refractivity contribution is 6.06. The fourth-order valence-electron chi connectivity index (χ4n) is 2.99. The zero-order valence-corrected chi connectivity index (χ0v) is 14.3. The number of halogens is 3. The van der Waals surface area contributed by atoms with Gasteiger partial charge in [-0.25, -0.2) is 4.98 Å². The summed E-state index contributed by atoms with van der Waals surface area (Å²) in [5.41, 5.74) is -0.0695. The molecule has 0 bridgehead atoms. The average molecular weight is 364 g/mol. The van der Waals surface area contributed by atoms with E-state index in [9.17, 15) is 18.0 Å². The van der Waals surface area contributed by atoms with Crippen LogP contribution in [0.2, 0.25) is 0 Å². The van der Waals surface area contributed by atoms with Crippen molar-refractivity contribution in [1.29, 1.82) is 0 Å². The van der Waals surface area contributed by atoms with E-state index in [0.717, 1.165) is 12.5 Å². The van der Waals surface area contributed by atoms with Crippen LogP contribution in [0.15, 0.2) is 42.5 Å². The highest BCUT2D eigenvalue weighted by Gasteiger charge is 2.33. The summed E-state index contributed by atoms with van der Waals surface area (Å²) in [6.07, 6.45) is -3.69. The van der Waals surface area contributed by atoms with Gasteiger partial charge in [0.15, 0.2) is 0 Å². The van der Waals surface area contributed by atoms with Crippen molar-refractivity contribution in [1.82, 2.24) is 4.98 Å². The lowest BCUT2D eigenvalue weighted by Crippen LogP contribution is -2.36. The van der Waals surface area contributed by atoms with Crippen molar-refractivity contribution in [2.75, 3.05) is 24.7 Å². The van der Waals surface area contributed by atoms with Crippen molar-refractivity contribution in [3.63, 3.8) is 0 Å². The number of nitrogens with zero attached hydrogens (tertiary/aromatic N) is 2. The normalized spacial score (nSPS) is 17.3. The fourth-order valence-corrected chi connectivity index (χ4v) is 2.99. The van der Waals surface area contributed by atoms with Gasteiger partial charge < -0.3 is 9.64 Å². The molecule has 0 N–H and O–H groups in total. The van der Waals surface area contributed by atoms with Gasteiger partial charge in [-0.15, -0.1) is 0 Å². The molecule has 1 fully saturated rings. The molecule has 0 aliphatic carbocycles. The van der Waals surface area contributed by atoms with Crippen LogP contribution in [0.1, 0.15) is 28.2 Å². The second-order valence-electron chi connectivity index (χ2n) is 6.31. The monoisotopic (exact) mass is 364 g/mol. The summed E-state index contributed by atoms with van der Waals surface area (Å²) < 4.78 is 43.8. The average Bonchev–Trinajstić information content (AvgIpc) is 3.12. The number of para-hydroxylation sites is 1. The number of aryl methyl sites for hydroxylation is 1. The Morgan fingerprint density at radius 3 is 2.54 bits per heavy atom.